The second-order valence-electron chi connectivity index (χ2n) is 21.2. The SMILES string of the molecule is COCC(c1cnn2cc(C(COC(C)(C)C(F)(F)F)NC(=O)c3nonc3C)nc2c1)N1CC(F)(F)CNC1=O.COCC(c1cnn2cc(C(NC(=O)c3ccnn3C(C)C)C3CCC(F)(F)CC3)nc2c1)N1CC(F)(F)CNC1=O. The van der Waals surface area contributed by atoms with E-state index in [4.69, 9.17) is 14.2 Å². The number of ether oxygens (including phenoxy) is 3. The second-order valence-corrected chi connectivity index (χ2v) is 21.2. The number of hydrogen-bond acceptors (Lipinski definition) is 15. The summed E-state index contributed by atoms with van der Waals surface area (Å²) in [6, 6.07) is -0.516. The Morgan fingerprint density at radius 2 is 1.29 bits per heavy atom. The number of imidazole rings is 2. The molecule has 1 saturated carbocycles. The van der Waals surface area contributed by atoms with E-state index in [0.29, 0.717) is 28.2 Å². The number of amides is 6. The number of aryl methyl sites for hydroxylation is 1. The molecule has 1 aliphatic carbocycles. The molecule has 6 amide bonds. The first-order valence-electron chi connectivity index (χ1n) is 26.0. The predicted molar refractivity (Wildman–Crippen MR) is 270 cm³/mol. The largest absolute Gasteiger partial charge is 0.416 e. The van der Waals surface area contributed by atoms with Gasteiger partial charge in [-0.3, -0.25) is 14.3 Å². The average Bonchev–Trinajstić information content (AvgIpc) is 4.37. The molecule has 6 aromatic heterocycles. The summed E-state index contributed by atoms with van der Waals surface area (Å²) in [6.07, 6.45) is 2.31. The van der Waals surface area contributed by atoms with E-state index in [1.54, 1.807) is 23.0 Å². The van der Waals surface area contributed by atoms with Crippen LogP contribution in [0.1, 0.15) is 133 Å². The van der Waals surface area contributed by atoms with Crippen LogP contribution >= 0.6 is 0 Å². The second kappa shape index (κ2) is 24.3. The highest BCUT2D eigenvalue weighted by Crippen LogP contribution is 2.42. The van der Waals surface area contributed by atoms with Gasteiger partial charge in [-0.1, -0.05) is 5.16 Å². The molecular formula is C50H61F9N16O8. The number of rotatable bonds is 19. The van der Waals surface area contributed by atoms with Gasteiger partial charge in [0.2, 0.25) is 5.92 Å². The summed E-state index contributed by atoms with van der Waals surface area (Å²) >= 11 is 0. The Bertz CT molecular complexity index is 3270. The number of methoxy groups -OCH3 is 2. The quantitative estimate of drug-likeness (QED) is 0.0611. The van der Waals surface area contributed by atoms with Gasteiger partial charge >= 0.3 is 18.2 Å². The number of carbonyl (C=O) groups excluding carboxylic acids is 4. The van der Waals surface area contributed by atoms with Gasteiger partial charge in [-0.05, 0) is 76.7 Å². The summed E-state index contributed by atoms with van der Waals surface area (Å²) in [6.45, 7) is 2.88. The molecule has 24 nitrogen and oxygen atoms in total. The van der Waals surface area contributed by atoms with E-state index in [-0.39, 0.29) is 73.6 Å². The minimum absolute atomic E-state index is 0.0621. The lowest BCUT2D eigenvalue weighted by molar-refractivity contribution is -0.265. The van der Waals surface area contributed by atoms with Crippen molar-refractivity contribution in [3.05, 3.63) is 88.8 Å². The van der Waals surface area contributed by atoms with Crippen molar-refractivity contribution in [2.75, 3.05) is 60.2 Å². The zero-order valence-corrected chi connectivity index (χ0v) is 45.9. The van der Waals surface area contributed by atoms with Crippen molar-refractivity contribution in [1.82, 2.24) is 80.4 Å². The Balaban J connectivity index is 0.000000217. The van der Waals surface area contributed by atoms with E-state index >= 15 is 0 Å². The van der Waals surface area contributed by atoms with Gasteiger partial charge in [0, 0.05) is 50.4 Å². The first kappa shape index (κ1) is 61.4. The van der Waals surface area contributed by atoms with E-state index in [1.165, 1.54) is 61.0 Å². The van der Waals surface area contributed by atoms with Gasteiger partial charge in [0.15, 0.2) is 22.6 Å². The van der Waals surface area contributed by atoms with Crippen molar-refractivity contribution in [1.29, 1.82) is 0 Å². The molecule has 0 bridgehead atoms. The maximum Gasteiger partial charge on any atom is 0.416 e. The van der Waals surface area contributed by atoms with E-state index in [1.807, 2.05) is 13.8 Å². The summed E-state index contributed by atoms with van der Waals surface area (Å²) < 4.78 is 149. The normalized spacial score (nSPS) is 19.0. The molecule has 0 aromatic carbocycles. The van der Waals surface area contributed by atoms with Crippen LogP contribution in [0.5, 0.6) is 0 Å². The number of aromatic nitrogens is 10. The van der Waals surface area contributed by atoms with Crippen molar-refractivity contribution in [2.45, 2.75) is 120 Å². The Hall–Kier alpha value is -7.68. The van der Waals surface area contributed by atoms with Crippen LogP contribution in [0.4, 0.5) is 49.1 Å². The molecule has 83 heavy (non-hydrogen) atoms. The van der Waals surface area contributed by atoms with Crippen LogP contribution in [0.15, 0.2) is 53.8 Å². The number of urea groups is 2. The van der Waals surface area contributed by atoms with Crippen LogP contribution in [0.2, 0.25) is 0 Å². The number of fused-ring (bicyclic) bond motifs is 2. The molecule has 3 aliphatic rings. The van der Waals surface area contributed by atoms with Gasteiger partial charge in [0.05, 0.1) is 106 Å². The molecule has 4 N–H and O–H groups in total. The molecular weight excluding hydrogens is 1120 g/mol. The first-order valence-corrected chi connectivity index (χ1v) is 26.0. The zero-order chi connectivity index (χ0) is 60.4. The lowest BCUT2D eigenvalue weighted by atomic mass is 9.81. The van der Waals surface area contributed by atoms with Crippen molar-refractivity contribution in [3.63, 3.8) is 0 Å². The molecule has 0 spiro atoms. The third kappa shape index (κ3) is 14.2. The van der Waals surface area contributed by atoms with E-state index < -0.39 is 110 Å². The molecule has 4 unspecified atom stereocenters. The Kier molecular flexibility index (Phi) is 17.9. The zero-order valence-electron chi connectivity index (χ0n) is 45.9. The smallest absolute Gasteiger partial charge is 0.382 e. The Morgan fingerprint density at radius 3 is 1.78 bits per heavy atom. The number of alkyl halides is 9. The Morgan fingerprint density at radius 1 is 0.759 bits per heavy atom. The number of carbonyl (C=O) groups is 4. The first-order chi connectivity index (χ1) is 39.0. The molecule has 2 saturated heterocycles. The fourth-order valence-electron chi connectivity index (χ4n) is 9.61. The maximum absolute atomic E-state index is 14.2. The highest BCUT2D eigenvalue weighted by Gasteiger charge is 2.49. The van der Waals surface area contributed by atoms with E-state index in [2.05, 4.69) is 61.5 Å². The van der Waals surface area contributed by atoms with Crippen LogP contribution in [-0.2, 0) is 14.2 Å². The molecule has 3 fully saturated rings. The van der Waals surface area contributed by atoms with Crippen molar-refractivity contribution in [3.8, 4) is 0 Å². The molecule has 6 aromatic rings. The lowest BCUT2D eigenvalue weighted by Gasteiger charge is -2.38. The third-order valence-electron chi connectivity index (χ3n) is 14.3. The van der Waals surface area contributed by atoms with Gasteiger partial charge < -0.3 is 45.3 Å². The van der Waals surface area contributed by atoms with Gasteiger partial charge in [-0.25, -0.2) is 59.6 Å². The molecule has 33 heteroatoms. The molecule has 2 aliphatic heterocycles. The molecule has 8 heterocycles. The highest BCUT2D eigenvalue weighted by molar-refractivity contribution is 5.93. The summed E-state index contributed by atoms with van der Waals surface area (Å²) in [4.78, 5) is 62.1. The van der Waals surface area contributed by atoms with Crippen LogP contribution in [0, 0.1) is 12.8 Å². The predicted octanol–water partition coefficient (Wildman–Crippen LogP) is 6.75. The van der Waals surface area contributed by atoms with Crippen molar-refractivity contribution in [2.24, 2.45) is 5.92 Å². The number of nitrogens with one attached hydrogen (secondary N) is 4. The fraction of sp³-hybridized carbons (Fsp3) is 0.580. The van der Waals surface area contributed by atoms with E-state index in [0.717, 1.165) is 23.6 Å². The lowest BCUT2D eigenvalue weighted by Crippen LogP contribution is -2.58. The molecule has 0 radical (unpaired) electrons. The van der Waals surface area contributed by atoms with Gasteiger partial charge in [0.1, 0.15) is 11.4 Å². The van der Waals surface area contributed by atoms with Gasteiger partial charge in [0.25, 0.3) is 23.7 Å². The summed E-state index contributed by atoms with van der Waals surface area (Å²) in [5, 5.41) is 29.7. The molecule has 4 atom stereocenters. The molecule has 452 valence electrons. The molecule has 9 rings (SSSR count). The van der Waals surface area contributed by atoms with Gasteiger partial charge in [-0.2, -0.15) is 28.5 Å². The maximum atomic E-state index is 14.2. The highest BCUT2D eigenvalue weighted by atomic mass is 19.4. The number of halogens is 9. The van der Waals surface area contributed by atoms with E-state index in [9.17, 15) is 58.7 Å². The van der Waals surface area contributed by atoms with Crippen LogP contribution in [0.25, 0.3) is 11.3 Å². The summed E-state index contributed by atoms with van der Waals surface area (Å²) in [5.41, 5.74) is -0.558. The van der Waals surface area contributed by atoms with Crippen molar-refractivity contribution < 1.29 is 77.5 Å². The Labute approximate surface area is 467 Å². The fourth-order valence-corrected chi connectivity index (χ4v) is 9.61. The van der Waals surface area contributed by atoms with Crippen LogP contribution in [0.3, 0.4) is 0 Å². The average molecular weight is 1190 g/mol. The summed E-state index contributed by atoms with van der Waals surface area (Å²) in [7, 11) is 2.74. The minimum Gasteiger partial charge on any atom is -0.382 e. The standard InChI is InChI=1S/C27H34F4N8O3.C23H27F5N8O5/c1-16(2)39-20(6-9-33-39)24(40)36-23(17-4-7-26(28,29)8-5-17)19-12-38-22(35-19)10-18(11-34-38)21(13-42-3)37-15-27(30,31)14-32-25(37)41;1-12-18(34-41-33-12)19(37)32-15(8-40-21(2,3)23(26,27)28)14-7-36-17(31-14)5-13(6-30-36)16(9-39-4)35-11-22(24,25)10-29-20(35)38/h6,9-12,16-17,21,23H,4-5,7-8,13-15H2,1-3H3,(H,32,41)(H,36,40);5-7,15-16H,8-11H2,1-4H3,(H,29,38)(H,32,37). The topological polar surface area (TPSA) is 268 Å². The minimum atomic E-state index is -4.71. The van der Waals surface area contributed by atoms with Crippen LogP contribution in [-0.4, -0.2) is 173 Å². The van der Waals surface area contributed by atoms with Gasteiger partial charge in [-0.15, -0.1) is 0 Å². The number of nitrogens with zero attached hydrogens (tertiary/aromatic N) is 12. The van der Waals surface area contributed by atoms with Crippen molar-refractivity contribution >= 4 is 35.2 Å². The summed E-state index contributed by atoms with van der Waals surface area (Å²) in [5.74, 6) is -10.6. The van der Waals surface area contributed by atoms with Crippen LogP contribution < -0.4 is 21.3 Å². The third-order valence-corrected chi connectivity index (χ3v) is 14.3. The number of hydrogen-bond donors (Lipinski definition) is 4. The monoisotopic (exact) mass is 1180 g/mol.